The SMILES string of the molecule is O=C(NCCC(O)C(O)c1ccc([N+](=O)[O-])s1)OCC1c2ccccc2-c2ccccc21. The molecule has 1 heterocycles. The van der Waals surface area contributed by atoms with E-state index in [0.29, 0.717) is 4.88 Å². The summed E-state index contributed by atoms with van der Waals surface area (Å²) in [4.78, 5) is 22.7. The second kappa shape index (κ2) is 9.47. The number of aliphatic hydroxyl groups is 2. The minimum absolute atomic E-state index is 0.0461. The van der Waals surface area contributed by atoms with Crippen LogP contribution in [-0.2, 0) is 4.74 Å². The van der Waals surface area contributed by atoms with Crippen LogP contribution in [0.25, 0.3) is 11.1 Å². The van der Waals surface area contributed by atoms with Gasteiger partial charge in [-0.1, -0.05) is 59.9 Å². The van der Waals surface area contributed by atoms with Crippen molar-refractivity contribution in [1.82, 2.24) is 5.32 Å². The molecule has 3 N–H and O–H groups in total. The van der Waals surface area contributed by atoms with Crippen LogP contribution in [0, 0.1) is 10.1 Å². The van der Waals surface area contributed by atoms with Gasteiger partial charge in [0.15, 0.2) is 0 Å². The molecular formula is C23H22N2O6S. The second-order valence-electron chi connectivity index (χ2n) is 7.49. The van der Waals surface area contributed by atoms with Gasteiger partial charge >= 0.3 is 11.1 Å². The Labute approximate surface area is 188 Å². The Balaban J connectivity index is 1.27. The highest BCUT2D eigenvalue weighted by Crippen LogP contribution is 2.44. The van der Waals surface area contributed by atoms with Gasteiger partial charge < -0.3 is 20.3 Å². The monoisotopic (exact) mass is 454 g/mol. The molecule has 4 rings (SSSR count). The zero-order valence-electron chi connectivity index (χ0n) is 17.0. The molecule has 0 saturated carbocycles. The first-order valence-electron chi connectivity index (χ1n) is 10.1. The number of benzene rings is 2. The molecule has 0 aliphatic heterocycles. The van der Waals surface area contributed by atoms with E-state index in [1.54, 1.807) is 0 Å². The normalized spacial score (nSPS) is 14.3. The molecule has 2 atom stereocenters. The van der Waals surface area contributed by atoms with Crippen LogP contribution < -0.4 is 5.32 Å². The summed E-state index contributed by atoms with van der Waals surface area (Å²) in [5.74, 6) is -0.0461. The molecule has 3 aromatic rings. The van der Waals surface area contributed by atoms with Gasteiger partial charge in [-0.05, 0) is 34.7 Å². The fraction of sp³-hybridized carbons (Fsp3) is 0.261. The van der Waals surface area contributed by atoms with Crippen molar-refractivity contribution in [3.05, 3.63) is 86.8 Å². The lowest BCUT2D eigenvalue weighted by atomic mass is 9.98. The number of alkyl carbamates (subject to hydrolysis) is 1. The summed E-state index contributed by atoms with van der Waals surface area (Å²) in [5.41, 5.74) is 4.52. The molecule has 0 radical (unpaired) electrons. The molecule has 2 aromatic carbocycles. The van der Waals surface area contributed by atoms with Crippen LogP contribution in [0.15, 0.2) is 60.7 Å². The van der Waals surface area contributed by atoms with E-state index in [0.717, 1.165) is 33.6 Å². The van der Waals surface area contributed by atoms with Gasteiger partial charge in [0.05, 0.1) is 11.0 Å². The minimum Gasteiger partial charge on any atom is -0.449 e. The number of hydrogen-bond acceptors (Lipinski definition) is 7. The van der Waals surface area contributed by atoms with Gasteiger partial charge in [0.2, 0.25) is 0 Å². The Hall–Kier alpha value is -3.27. The Morgan fingerprint density at radius 3 is 2.28 bits per heavy atom. The topological polar surface area (TPSA) is 122 Å². The molecule has 0 spiro atoms. The van der Waals surface area contributed by atoms with Crippen molar-refractivity contribution in [2.24, 2.45) is 0 Å². The van der Waals surface area contributed by atoms with Crippen LogP contribution in [0.4, 0.5) is 9.80 Å². The predicted molar refractivity (Wildman–Crippen MR) is 120 cm³/mol. The first-order chi connectivity index (χ1) is 15.5. The number of rotatable bonds is 8. The van der Waals surface area contributed by atoms with Gasteiger partial charge in [-0.2, -0.15) is 0 Å². The Bertz CT molecular complexity index is 1090. The zero-order valence-corrected chi connectivity index (χ0v) is 17.8. The van der Waals surface area contributed by atoms with Gasteiger partial charge in [-0.3, -0.25) is 10.1 Å². The molecule has 1 aliphatic rings. The van der Waals surface area contributed by atoms with Crippen LogP contribution in [0.1, 0.15) is 34.4 Å². The minimum atomic E-state index is -1.27. The van der Waals surface area contributed by atoms with Crippen molar-refractivity contribution < 1.29 is 24.7 Å². The second-order valence-corrected chi connectivity index (χ2v) is 8.58. The third-order valence-corrected chi connectivity index (χ3v) is 6.61. The smallest absolute Gasteiger partial charge is 0.407 e. The van der Waals surface area contributed by atoms with E-state index in [4.69, 9.17) is 4.74 Å². The quantitative estimate of drug-likeness (QED) is 0.350. The highest BCUT2D eigenvalue weighted by Gasteiger charge is 2.29. The molecule has 0 bridgehead atoms. The molecule has 0 fully saturated rings. The number of thiophene rings is 1. The standard InChI is InChI=1S/C23H22N2O6S/c26-19(22(27)20-9-10-21(32-20)25(29)30)11-12-24-23(28)31-13-18-16-7-3-1-5-14(16)15-6-2-4-8-17(15)18/h1-10,18-19,22,26-27H,11-13H2,(H,24,28). The molecule has 1 aromatic heterocycles. The van der Waals surface area contributed by atoms with Crippen LogP contribution in [0.2, 0.25) is 0 Å². The molecule has 8 nitrogen and oxygen atoms in total. The van der Waals surface area contributed by atoms with Crippen molar-refractivity contribution in [2.75, 3.05) is 13.2 Å². The van der Waals surface area contributed by atoms with Gasteiger partial charge in [-0.25, -0.2) is 4.79 Å². The summed E-state index contributed by atoms with van der Waals surface area (Å²) in [6, 6.07) is 18.8. The molecule has 1 amide bonds. The number of nitro groups is 1. The van der Waals surface area contributed by atoms with Gasteiger partial charge in [-0.15, -0.1) is 0 Å². The highest BCUT2D eigenvalue weighted by atomic mass is 32.1. The number of nitrogens with one attached hydrogen (secondary N) is 1. The van der Waals surface area contributed by atoms with E-state index in [-0.39, 0.29) is 30.5 Å². The maximum atomic E-state index is 12.2. The van der Waals surface area contributed by atoms with Crippen molar-refractivity contribution in [1.29, 1.82) is 0 Å². The van der Waals surface area contributed by atoms with Crippen molar-refractivity contribution >= 4 is 22.4 Å². The molecule has 1 aliphatic carbocycles. The van der Waals surface area contributed by atoms with Crippen LogP contribution in [0.3, 0.4) is 0 Å². The van der Waals surface area contributed by atoms with E-state index in [2.05, 4.69) is 17.4 Å². The zero-order chi connectivity index (χ0) is 22.7. The van der Waals surface area contributed by atoms with Crippen LogP contribution in [-0.4, -0.2) is 40.5 Å². The van der Waals surface area contributed by atoms with E-state index in [9.17, 15) is 25.1 Å². The fourth-order valence-electron chi connectivity index (χ4n) is 3.92. The number of carbonyl (C=O) groups excluding carboxylic acids is 1. The lowest BCUT2D eigenvalue weighted by Gasteiger charge is -2.17. The van der Waals surface area contributed by atoms with Crippen LogP contribution in [0.5, 0.6) is 0 Å². The number of hydrogen-bond donors (Lipinski definition) is 3. The molecule has 9 heteroatoms. The summed E-state index contributed by atoms with van der Waals surface area (Å²) in [7, 11) is 0. The van der Waals surface area contributed by atoms with E-state index in [1.165, 1.54) is 12.1 Å². The fourth-order valence-corrected chi connectivity index (χ4v) is 4.78. The summed E-state index contributed by atoms with van der Waals surface area (Å²) < 4.78 is 5.43. The average Bonchev–Trinajstić information content (AvgIpc) is 3.41. The lowest BCUT2D eigenvalue weighted by molar-refractivity contribution is -0.380. The third-order valence-electron chi connectivity index (χ3n) is 5.50. The van der Waals surface area contributed by atoms with E-state index < -0.39 is 23.2 Å². The van der Waals surface area contributed by atoms with E-state index >= 15 is 0 Å². The number of aliphatic hydroxyl groups excluding tert-OH is 2. The maximum absolute atomic E-state index is 12.2. The maximum Gasteiger partial charge on any atom is 0.407 e. The first kappa shape index (κ1) is 21.9. The average molecular weight is 455 g/mol. The van der Waals surface area contributed by atoms with Gasteiger partial charge in [0, 0.05) is 23.4 Å². The Morgan fingerprint density at radius 1 is 1.06 bits per heavy atom. The van der Waals surface area contributed by atoms with E-state index in [1.807, 2.05) is 36.4 Å². The molecule has 166 valence electrons. The number of ether oxygens (including phenoxy) is 1. The largest absolute Gasteiger partial charge is 0.449 e. The van der Waals surface area contributed by atoms with Crippen molar-refractivity contribution in [3.8, 4) is 11.1 Å². The summed E-state index contributed by atoms with van der Waals surface area (Å²) in [6.07, 6.45) is -2.99. The summed E-state index contributed by atoms with van der Waals surface area (Å²) in [6.45, 7) is 0.270. The molecular weight excluding hydrogens is 432 g/mol. The Morgan fingerprint density at radius 2 is 1.69 bits per heavy atom. The summed E-state index contributed by atoms with van der Waals surface area (Å²) >= 11 is 0.807. The molecule has 32 heavy (non-hydrogen) atoms. The van der Waals surface area contributed by atoms with Crippen molar-refractivity contribution in [3.63, 3.8) is 0 Å². The highest BCUT2D eigenvalue weighted by molar-refractivity contribution is 7.15. The number of carbonyl (C=O) groups is 1. The molecule has 2 unspecified atom stereocenters. The first-order valence-corrected chi connectivity index (χ1v) is 11.0. The van der Waals surface area contributed by atoms with Gasteiger partial charge in [0.1, 0.15) is 12.7 Å². The number of amides is 1. The number of nitrogens with zero attached hydrogens (tertiary/aromatic N) is 1. The number of fused-ring (bicyclic) bond motifs is 3. The van der Waals surface area contributed by atoms with Crippen molar-refractivity contribution in [2.45, 2.75) is 24.5 Å². The summed E-state index contributed by atoms with van der Waals surface area (Å²) in [5, 5.41) is 33.6. The third kappa shape index (κ3) is 4.50. The van der Waals surface area contributed by atoms with Gasteiger partial charge in [0.25, 0.3) is 0 Å². The lowest BCUT2D eigenvalue weighted by Crippen LogP contribution is -2.30. The predicted octanol–water partition coefficient (Wildman–Crippen LogP) is 3.98. The Kier molecular flexibility index (Phi) is 6.50. The molecule has 0 saturated heterocycles. The van der Waals surface area contributed by atoms with Crippen LogP contribution >= 0.6 is 11.3 Å².